The molecule has 0 aliphatic heterocycles. The predicted octanol–water partition coefficient (Wildman–Crippen LogP) is 6.68. The van der Waals surface area contributed by atoms with Gasteiger partial charge < -0.3 is 24.6 Å². The number of hydrogen-bond donors (Lipinski definition) is 1. The van der Waals surface area contributed by atoms with Crippen LogP contribution in [0.5, 0.6) is 5.75 Å². The topological polar surface area (TPSA) is 106 Å². The molecule has 0 saturated heterocycles. The Bertz CT molecular complexity index is 1790. The third-order valence-electron chi connectivity index (χ3n) is 7.58. The van der Waals surface area contributed by atoms with Crippen LogP contribution in [0.3, 0.4) is 0 Å². The minimum Gasteiger partial charge on any atom is -0.497 e. The van der Waals surface area contributed by atoms with Crippen LogP contribution in [0.4, 0.5) is 4.79 Å². The summed E-state index contributed by atoms with van der Waals surface area (Å²) in [4.78, 5) is 49.8. The lowest BCUT2D eigenvalue weighted by molar-refractivity contribution is -0.133. The first kappa shape index (κ1) is 36.7. The first-order chi connectivity index (χ1) is 22.8. The lowest BCUT2D eigenvalue weighted by Crippen LogP contribution is -2.43. The predicted molar refractivity (Wildman–Crippen MR) is 191 cm³/mol. The molecule has 0 spiro atoms. The molecule has 1 unspecified atom stereocenters. The number of fused-ring (bicyclic) bond motifs is 1. The van der Waals surface area contributed by atoms with Gasteiger partial charge in [-0.1, -0.05) is 41.4 Å². The van der Waals surface area contributed by atoms with E-state index >= 15 is 0 Å². The molecule has 10 nitrogen and oxygen atoms in total. The molecule has 48 heavy (non-hydrogen) atoms. The zero-order valence-electron chi connectivity index (χ0n) is 28.3. The Hall–Kier alpha value is -4.12. The zero-order chi connectivity index (χ0) is 35.0. The van der Waals surface area contributed by atoms with Crippen LogP contribution >= 0.6 is 23.2 Å². The third-order valence-corrected chi connectivity index (χ3v) is 8.32. The van der Waals surface area contributed by atoms with E-state index in [0.717, 1.165) is 0 Å². The summed E-state index contributed by atoms with van der Waals surface area (Å²) >= 11 is 12.5. The monoisotopic (exact) mass is 695 g/mol. The Morgan fingerprint density at radius 1 is 0.979 bits per heavy atom. The van der Waals surface area contributed by atoms with E-state index in [9.17, 15) is 14.4 Å². The zero-order valence-corrected chi connectivity index (χ0v) is 29.8. The van der Waals surface area contributed by atoms with E-state index in [1.807, 2.05) is 25.1 Å². The standard InChI is InChI=1S/C36H43Cl2N5O5/c1-36(2,3)48-35(46)39-19-9-12-31(42(21-20-41(4)5)32(44)23-24-13-18-28(37)29(38)22-24)33-40-30-11-8-7-10-27(30)34(45)43(33)25-14-16-26(47-6)17-15-25/h7-8,10-11,13-18,22,31H,9,12,19-21,23H2,1-6H3,(H,39,46). The van der Waals surface area contributed by atoms with Crippen molar-refractivity contribution in [1.29, 1.82) is 0 Å². The van der Waals surface area contributed by atoms with Crippen LogP contribution in [0.2, 0.25) is 10.0 Å². The minimum absolute atomic E-state index is 0.0529. The summed E-state index contributed by atoms with van der Waals surface area (Å²) in [6.07, 6.45) is 0.376. The van der Waals surface area contributed by atoms with Crippen molar-refractivity contribution in [1.82, 2.24) is 24.7 Å². The maximum atomic E-state index is 14.3. The summed E-state index contributed by atoms with van der Waals surface area (Å²) in [5.74, 6) is 0.864. The van der Waals surface area contributed by atoms with Crippen LogP contribution < -0.4 is 15.6 Å². The van der Waals surface area contributed by atoms with Crippen LogP contribution in [0, 0.1) is 0 Å². The van der Waals surface area contributed by atoms with Crippen molar-refractivity contribution in [2.45, 2.75) is 51.7 Å². The van der Waals surface area contributed by atoms with E-state index in [1.54, 1.807) is 98.0 Å². The van der Waals surface area contributed by atoms with E-state index in [0.29, 0.717) is 69.7 Å². The molecule has 0 fully saturated rings. The van der Waals surface area contributed by atoms with Crippen molar-refractivity contribution in [2.24, 2.45) is 0 Å². The highest BCUT2D eigenvalue weighted by atomic mass is 35.5. The molecule has 0 bridgehead atoms. The second kappa shape index (κ2) is 16.3. The maximum absolute atomic E-state index is 14.3. The maximum Gasteiger partial charge on any atom is 0.407 e. The van der Waals surface area contributed by atoms with Gasteiger partial charge in [-0.05, 0) is 102 Å². The van der Waals surface area contributed by atoms with Crippen molar-refractivity contribution < 1.29 is 19.1 Å². The van der Waals surface area contributed by atoms with Crippen molar-refractivity contribution in [3.05, 3.63) is 98.5 Å². The first-order valence-corrected chi connectivity index (χ1v) is 16.5. The number of benzene rings is 3. The molecule has 0 radical (unpaired) electrons. The molecular weight excluding hydrogens is 653 g/mol. The van der Waals surface area contributed by atoms with Gasteiger partial charge >= 0.3 is 6.09 Å². The molecule has 12 heteroatoms. The minimum atomic E-state index is -0.653. The van der Waals surface area contributed by atoms with Gasteiger partial charge in [0.15, 0.2) is 0 Å². The lowest BCUT2D eigenvalue weighted by atomic mass is 10.0. The number of methoxy groups -OCH3 is 1. The van der Waals surface area contributed by atoms with Gasteiger partial charge in [0.2, 0.25) is 5.91 Å². The Morgan fingerprint density at radius 2 is 1.69 bits per heavy atom. The fourth-order valence-electron chi connectivity index (χ4n) is 5.27. The molecule has 4 rings (SSSR count). The van der Waals surface area contributed by atoms with Crippen molar-refractivity contribution in [2.75, 3.05) is 40.8 Å². The number of alkyl carbamates (subject to hydrolysis) is 1. The number of hydrogen-bond acceptors (Lipinski definition) is 7. The summed E-state index contributed by atoms with van der Waals surface area (Å²) in [7, 11) is 5.44. The van der Waals surface area contributed by atoms with Gasteiger partial charge in [0.25, 0.3) is 5.56 Å². The van der Waals surface area contributed by atoms with Crippen LogP contribution in [-0.2, 0) is 16.0 Å². The number of aromatic nitrogens is 2. The molecule has 2 amide bonds. The highest BCUT2D eigenvalue weighted by Crippen LogP contribution is 2.30. The smallest absolute Gasteiger partial charge is 0.407 e. The Morgan fingerprint density at radius 3 is 2.33 bits per heavy atom. The number of amides is 2. The summed E-state index contributed by atoms with van der Waals surface area (Å²) < 4.78 is 12.4. The average Bonchev–Trinajstić information content (AvgIpc) is 3.03. The van der Waals surface area contributed by atoms with Crippen LogP contribution in [-0.4, -0.2) is 77.8 Å². The number of likely N-dealkylation sites (N-methyl/N-ethyl adjacent to an activating group) is 1. The van der Waals surface area contributed by atoms with Crippen molar-refractivity contribution in [3.63, 3.8) is 0 Å². The van der Waals surface area contributed by atoms with Crippen LogP contribution in [0.15, 0.2) is 71.5 Å². The Labute approximate surface area is 291 Å². The normalized spacial score (nSPS) is 12.2. The molecule has 3 aromatic carbocycles. The molecule has 1 atom stereocenters. The van der Waals surface area contributed by atoms with E-state index in [4.69, 9.17) is 37.7 Å². The van der Waals surface area contributed by atoms with Gasteiger partial charge in [-0.15, -0.1) is 0 Å². The second-order valence-electron chi connectivity index (χ2n) is 12.7. The van der Waals surface area contributed by atoms with Gasteiger partial charge in [0.1, 0.15) is 17.2 Å². The highest BCUT2D eigenvalue weighted by Gasteiger charge is 2.30. The molecular formula is C36H43Cl2N5O5. The first-order valence-electron chi connectivity index (χ1n) is 15.8. The SMILES string of the molecule is COc1ccc(-n2c(C(CCCNC(=O)OC(C)(C)C)N(CCN(C)C)C(=O)Cc3ccc(Cl)c(Cl)c3)nc3ccccc3c2=O)cc1. The number of carbonyl (C=O) groups excluding carboxylic acids is 2. The number of nitrogens with one attached hydrogen (secondary N) is 1. The molecule has 256 valence electrons. The van der Waals surface area contributed by atoms with Crippen LogP contribution in [0.1, 0.15) is 51.0 Å². The molecule has 0 saturated carbocycles. The van der Waals surface area contributed by atoms with Crippen molar-refractivity contribution >= 4 is 46.1 Å². The van der Waals surface area contributed by atoms with E-state index < -0.39 is 17.7 Å². The van der Waals surface area contributed by atoms with E-state index in [1.165, 1.54) is 0 Å². The van der Waals surface area contributed by atoms with Gasteiger partial charge in [-0.3, -0.25) is 14.2 Å². The number of halogens is 2. The third kappa shape index (κ3) is 9.71. The summed E-state index contributed by atoms with van der Waals surface area (Å²) in [6.45, 7) is 6.59. The van der Waals surface area contributed by atoms with Gasteiger partial charge in [0, 0.05) is 19.6 Å². The molecule has 0 aliphatic carbocycles. The number of carbonyl (C=O) groups is 2. The summed E-state index contributed by atoms with van der Waals surface area (Å²) in [6, 6.07) is 18.8. The Kier molecular flexibility index (Phi) is 12.5. The highest BCUT2D eigenvalue weighted by molar-refractivity contribution is 6.42. The summed E-state index contributed by atoms with van der Waals surface area (Å²) in [5.41, 5.74) is 0.894. The largest absolute Gasteiger partial charge is 0.497 e. The number of rotatable bonds is 13. The number of ether oxygens (including phenoxy) is 2. The van der Waals surface area contributed by atoms with Crippen molar-refractivity contribution in [3.8, 4) is 11.4 Å². The molecule has 0 aliphatic rings. The number of para-hydroxylation sites is 1. The van der Waals surface area contributed by atoms with Gasteiger partial charge in [0.05, 0.1) is 46.2 Å². The lowest BCUT2D eigenvalue weighted by Gasteiger charge is -2.34. The van der Waals surface area contributed by atoms with E-state index in [-0.39, 0.29) is 24.4 Å². The summed E-state index contributed by atoms with van der Waals surface area (Å²) in [5, 5.41) is 4.02. The fourth-order valence-corrected chi connectivity index (χ4v) is 5.59. The van der Waals surface area contributed by atoms with Gasteiger partial charge in [-0.2, -0.15) is 0 Å². The number of nitrogens with zero attached hydrogens (tertiary/aromatic N) is 4. The molecule has 1 N–H and O–H groups in total. The second-order valence-corrected chi connectivity index (χ2v) is 13.5. The molecule has 1 aromatic heterocycles. The van der Waals surface area contributed by atoms with Crippen LogP contribution in [0.25, 0.3) is 16.6 Å². The molecule has 4 aromatic rings. The fraction of sp³-hybridized carbons (Fsp3) is 0.389. The van der Waals surface area contributed by atoms with E-state index in [2.05, 4.69) is 5.32 Å². The molecule has 1 heterocycles. The van der Waals surface area contributed by atoms with Gasteiger partial charge in [-0.25, -0.2) is 9.78 Å². The average molecular weight is 697 g/mol. The Balaban J connectivity index is 1.84. The quantitative estimate of drug-likeness (QED) is 0.156.